The smallest absolute Gasteiger partial charge is 0.307 e. The van der Waals surface area contributed by atoms with Crippen molar-refractivity contribution in [2.24, 2.45) is 5.92 Å². The second-order valence-electron chi connectivity index (χ2n) is 8.09. The van der Waals surface area contributed by atoms with Crippen LogP contribution >= 0.6 is 11.3 Å². The first kappa shape index (κ1) is 19.5. The average molecular weight is 429 g/mol. The molecule has 2 N–H and O–H groups in total. The van der Waals surface area contributed by atoms with Crippen LogP contribution in [0, 0.1) is 12.8 Å². The molecule has 1 aromatic heterocycles. The van der Waals surface area contributed by atoms with E-state index in [1.54, 1.807) is 12.1 Å². The van der Waals surface area contributed by atoms with Crippen molar-refractivity contribution in [3.8, 4) is 16.9 Å². The standard InChI is InChI=1S/C26H20O4S/c1-14-2-4-17(5-3-14)24(28)25-23(19-11-10-18(27)12-22(19)31-25)16-8-6-15(7-9-16)20-13-21(20)26(29)30/h2-12,20-21,27H,13H2,1H3,(H,29,30). The lowest BCUT2D eigenvalue weighted by Gasteiger charge is -2.07. The normalized spacial score (nSPS) is 17.6. The lowest BCUT2D eigenvalue weighted by Crippen LogP contribution is -2.01. The zero-order valence-corrected chi connectivity index (χ0v) is 17.6. The van der Waals surface area contributed by atoms with Crippen molar-refractivity contribution in [2.45, 2.75) is 19.3 Å². The number of carbonyl (C=O) groups is 2. The van der Waals surface area contributed by atoms with Crippen molar-refractivity contribution < 1.29 is 19.8 Å². The molecule has 3 aromatic carbocycles. The van der Waals surface area contributed by atoms with Gasteiger partial charge in [0.15, 0.2) is 0 Å². The van der Waals surface area contributed by atoms with Crippen molar-refractivity contribution in [1.29, 1.82) is 0 Å². The van der Waals surface area contributed by atoms with E-state index in [1.807, 2.05) is 61.5 Å². The Morgan fingerprint density at radius 3 is 2.32 bits per heavy atom. The summed E-state index contributed by atoms with van der Waals surface area (Å²) < 4.78 is 0.850. The fourth-order valence-electron chi connectivity index (χ4n) is 4.10. The number of rotatable bonds is 5. The van der Waals surface area contributed by atoms with Gasteiger partial charge >= 0.3 is 5.97 Å². The highest BCUT2D eigenvalue weighted by molar-refractivity contribution is 7.21. The molecule has 0 amide bonds. The first-order valence-corrected chi connectivity index (χ1v) is 10.9. The summed E-state index contributed by atoms with van der Waals surface area (Å²) in [6.45, 7) is 1.98. The van der Waals surface area contributed by atoms with Gasteiger partial charge in [0.25, 0.3) is 0 Å². The SMILES string of the molecule is Cc1ccc(C(=O)c2sc3cc(O)ccc3c2-c2ccc(C3CC3C(=O)O)cc2)cc1. The third-order valence-electron chi connectivity index (χ3n) is 5.93. The zero-order chi connectivity index (χ0) is 21.7. The first-order valence-electron chi connectivity index (χ1n) is 10.1. The highest BCUT2D eigenvalue weighted by atomic mass is 32.1. The number of benzene rings is 3. The molecule has 1 fully saturated rings. The van der Waals surface area contributed by atoms with Crippen LogP contribution in [0.25, 0.3) is 21.2 Å². The molecule has 4 nitrogen and oxygen atoms in total. The van der Waals surface area contributed by atoms with E-state index in [0.29, 0.717) is 16.9 Å². The molecule has 5 rings (SSSR count). The molecule has 1 aliphatic carbocycles. The Kier molecular flexibility index (Phi) is 4.63. The fraction of sp³-hybridized carbons (Fsp3) is 0.154. The summed E-state index contributed by atoms with van der Waals surface area (Å²) in [7, 11) is 0. The predicted molar refractivity (Wildman–Crippen MR) is 122 cm³/mol. The molecule has 154 valence electrons. The van der Waals surface area contributed by atoms with Gasteiger partial charge in [-0.25, -0.2) is 0 Å². The maximum absolute atomic E-state index is 13.4. The van der Waals surface area contributed by atoms with Gasteiger partial charge in [-0.15, -0.1) is 11.3 Å². The van der Waals surface area contributed by atoms with E-state index < -0.39 is 5.97 Å². The van der Waals surface area contributed by atoms with Gasteiger partial charge in [-0.2, -0.15) is 0 Å². The number of aliphatic carboxylic acids is 1. The van der Waals surface area contributed by atoms with Gasteiger partial charge in [0.05, 0.1) is 10.8 Å². The molecule has 2 atom stereocenters. The van der Waals surface area contributed by atoms with Crippen LogP contribution in [0.2, 0.25) is 0 Å². The summed E-state index contributed by atoms with van der Waals surface area (Å²) >= 11 is 1.38. The Morgan fingerprint density at radius 1 is 0.968 bits per heavy atom. The second kappa shape index (κ2) is 7.36. The number of aryl methyl sites for hydroxylation is 1. The van der Waals surface area contributed by atoms with Gasteiger partial charge in [-0.3, -0.25) is 9.59 Å². The molecule has 2 unspecified atom stereocenters. The van der Waals surface area contributed by atoms with E-state index in [9.17, 15) is 19.8 Å². The predicted octanol–water partition coefficient (Wildman–Crippen LogP) is 6.00. The van der Waals surface area contributed by atoms with Crippen LogP contribution in [0.3, 0.4) is 0 Å². The van der Waals surface area contributed by atoms with E-state index in [0.717, 1.165) is 32.3 Å². The molecule has 1 aliphatic rings. The highest BCUT2D eigenvalue weighted by Crippen LogP contribution is 2.48. The Balaban J connectivity index is 1.60. The monoisotopic (exact) mass is 428 g/mol. The van der Waals surface area contributed by atoms with Crippen molar-refractivity contribution in [3.63, 3.8) is 0 Å². The van der Waals surface area contributed by atoms with Gasteiger partial charge in [0, 0.05) is 21.2 Å². The topological polar surface area (TPSA) is 74.6 Å². The molecule has 0 radical (unpaired) electrons. The van der Waals surface area contributed by atoms with Crippen LogP contribution < -0.4 is 0 Å². The number of thiophene rings is 1. The van der Waals surface area contributed by atoms with Crippen molar-refractivity contribution in [2.75, 3.05) is 0 Å². The summed E-state index contributed by atoms with van der Waals surface area (Å²) in [6, 6.07) is 20.6. The maximum atomic E-state index is 13.4. The summed E-state index contributed by atoms with van der Waals surface area (Å²) in [5, 5.41) is 20.0. The average Bonchev–Trinajstić information content (AvgIpc) is 3.48. The number of carboxylic acid groups (broad SMARTS) is 1. The van der Waals surface area contributed by atoms with Crippen LogP contribution in [-0.4, -0.2) is 22.0 Å². The fourth-order valence-corrected chi connectivity index (χ4v) is 5.32. The molecule has 5 heteroatoms. The number of carbonyl (C=O) groups excluding carboxylic acids is 1. The minimum atomic E-state index is -0.747. The van der Waals surface area contributed by atoms with E-state index >= 15 is 0 Å². The molecule has 0 spiro atoms. The first-order chi connectivity index (χ1) is 14.9. The van der Waals surface area contributed by atoms with Gasteiger partial charge in [0.2, 0.25) is 5.78 Å². The van der Waals surface area contributed by atoms with E-state index in [2.05, 4.69) is 0 Å². The van der Waals surface area contributed by atoms with Gasteiger partial charge in [0.1, 0.15) is 5.75 Å². The summed E-state index contributed by atoms with van der Waals surface area (Å²) in [6.07, 6.45) is 0.673. The van der Waals surface area contributed by atoms with Gasteiger partial charge < -0.3 is 10.2 Å². The van der Waals surface area contributed by atoms with Crippen LogP contribution in [0.4, 0.5) is 0 Å². The van der Waals surface area contributed by atoms with Crippen molar-refractivity contribution >= 4 is 33.2 Å². The van der Waals surface area contributed by atoms with Crippen molar-refractivity contribution in [1.82, 2.24) is 0 Å². The lowest BCUT2D eigenvalue weighted by molar-refractivity contribution is -0.138. The molecule has 1 heterocycles. The summed E-state index contributed by atoms with van der Waals surface area (Å²) in [5.74, 6) is -0.860. The Hall–Kier alpha value is -3.44. The lowest BCUT2D eigenvalue weighted by atomic mass is 9.96. The Labute approximate surface area is 183 Å². The number of phenols is 1. The van der Waals surface area contributed by atoms with E-state index in [1.165, 1.54) is 11.3 Å². The second-order valence-corrected chi connectivity index (χ2v) is 9.14. The number of hydrogen-bond donors (Lipinski definition) is 2. The summed E-state index contributed by atoms with van der Waals surface area (Å²) in [5.41, 5.74) is 4.49. The molecule has 31 heavy (non-hydrogen) atoms. The van der Waals surface area contributed by atoms with Crippen molar-refractivity contribution in [3.05, 3.63) is 88.3 Å². The minimum absolute atomic E-state index is 0.0482. The number of hydrogen-bond acceptors (Lipinski definition) is 4. The minimum Gasteiger partial charge on any atom is -0.508 e. The highest BCUT2D eigenvalue weighted by Gasteiger charge is 2.44. The summed E-state index contributed by atoms with van der Waals surface area (Å²) in [4.78, 5) is 25.2. The van der Waals surface area contributed by atoms with Crippen LogP contribution in [0.5, 0.6) is 5.75 Å². The zero-order valence-electron chi connectivity index (χ0n) is 16.8. The number of ketones is 1. The van der Waals surface area contributed by atoms with E-state index in [4.69, 9.17) is 0 Å². The number of aromatic hydroxyl groups is 1. The maximum Gasteiger partial charge on any atom is 0.307 e. The molecular formula is C26H20O4S. The largest absolute Gasteiger partial charge is 0.508 e. The third kappa shape index (κ3) is 3.51. The number of fused-ring (bicyclic) bond motifs is 1. The van der Waals surface area contributed by atoms with Gasteiger partial charge in [-0.1, -0.05) is 54.1 Å². The quantitative estimate of drug-likeness (QED) is 0.382. The molecule has 0 aliphatic heterocycles. The Bertz CT molecular complexity index is 1320. The Morgan fingerprint density at radius 2 is 1.68 bits per heavy atom. The van der Waals surface area contributed by atoms with Gasteiger partial charge in [-0.05, 0) is 48.6 Å². The molecular weight excluding hydrogens is 408 g/mol. The molecule has 0 bridgehead atoms. The number of phenolic OH excluding ortho intramolecular Hbond substituents is 1. The van der Waals surface area contributed by atoms with Crippen LogP contribution in [0.15, 0.2) is 66.7 Å². The molecule has 0 saturated heterocycles. The molecule has 1 saturated carbocycles. The van der Waals surface area contributed by atoms with E-state index in [-0.39, 0.29) is 23.4 Å². The number of carboxylic acids is 1. The third-order valence-corrected chi connectivity index (χ3v) is 7.08. The van der Waals surface area contributed by atoms with Crippen LogP contribution in [-0.2, 0) is 4.79 Å². The van der Waals surface area contributed by atoms with Crippen LogP contribution in [0.1, 0.15) is 38.7 Å². The molecule has 4 aromatic rings.